The summed E-state index contributed by atoms with van der Waals surface area (Å²) in [7, 11) is 0. The number of nitrogens with one attached hydrogen (secondary N) is 1. The average Bonchev–Trinajstić information content (AvgIpc) is 2.96. The molecule has 0 aliphatic heterocycles. The quantitative estimate of drug-likeness (QED) is 0.170. The van der Waals surface area contributed by atoms with Crippen molar-refractivity contribution in [1.29, 1.82) is 0 Å². The fourth-order valence-corrected chi connectivity index (χ4v) is 4.83. The van der Waals surface area contributed by atoms with E-state index in [-0.39, 0.29) is 6.03 Å². The van der Waals surface area contributed by atoms with E-state index >= 15 is 0 Å². The smallest absolute Gasteiger partial charge is 0.333 e. The number of urea groups is 1. The minimum absolute atomic E-state index is 0.0924. The van der Waals surface area contributed by atoms with Crippen LogP contribution in [0.1, 0.15) is 24.5 Å². The highest BCUT2D eigenvalue weighted by Gasteiger charge is 2.18. The summed E-state index contributed by atoms with van der Waals surface area (Å²) in [4.78, 5) is 27.4. The molecule has 1 atom stereocenters. The van der Waals surface area contributed by atoms with Gasteiger partial charge in [-0.15, -0.1) is 11.8 Å². The van der Waals surface area contributed by atoms with Gasteiger partial charge in [-0.25, -0.2) is 9.59 Å². The first-order valence-electron chi connectivity index (χ1n) is 13.4. The molecule has 3 aromatic rings. The number of carboxylic acids is 1. The number of ether oxygens (including phenoxy) is 2. The van der Waals surface area contributed by atoms with Gasteiger partial charge in [0, 0.05) is 31.0 Å². The lowest BCUT2D eigenvalue weighted by Gasteiger charge is -2.23. The first kappa shape index (κ1) is 30.1. The molecule has 39 heavy (non-hydrogen) atoms. The Morgan fingerprint density at radius 1 is 0.923 bits per heavy atom. The molecule has 0 aliphatic rings. The second kappa shape index (κ2) is 17.2. The van der Waals surface area contributed by atoms with Gasteiger partial charge in [-0.1, -0.05) is 60.7 Å². The Balaban J connectivity index is 1.48. The van der Waals surface area contributed by atoms with Crippen LogP contribution in [0.3, 0.4) is 0 Å². The van der Waals surface area contributed by atoms with Crippen LogP contribution in [0.5, 0.6) is 5.75 Å². The molecule has 3 rings (SSSR count). The summed E-state index contributed by atoms with van der Waals surface area (Å²) < 4.78 is 11.2. The molecule has 0 saturated carbocycles. The van der Waals surface area contributed by atoms with Crippen molar-refractivity contribution in [1.82, 2.24) is 10.2 Å². The summed E-state index contributed by atoms with van der Waals surface area (Å²) in [6.07, 6.45) is 1.07. The second-order valence-electron chi connectivity index (χ2n) is 8.95. The second-order valence-corrected chi connectivity index (χ2v) is 10.1. The molecular formula is C31H38N2O5S. The zero-order chi connectivity index (χ0) is 27.7. The van der Waals surface area contributed by atoms with Crippen LogP contribution in [0, 0.1) is 0 Å². The van der Waals surface area contributed by atoms with Crippen LogP contribution in [-0.2, 0) is 22.4 Å². The molecule has 7 nitrogen and oxygen atoms in total. The van der Waals surface area contributed by atoms with Crippen LogP contribution in [0.2, 0.25) is 0 Å². The van der Waals surface area contributed by atoms with Gasteiger partial charge in [0.15, 0.2) is 6.10 Å². The summed E-state index contributed by atoms with van der Waals surface area (Å²) in [5, 5.41) is 12.3. The van der Waals surface area contributed by atoms with Gasteiger partial charge < -0.3 is 24.8 Å². The number of thioether (sulfide) groups is 1. The number of amides is 2. The number of hydrogen-bond acceptors (Lipinski definition) is 5. The zero-order valence-electron chi connectivity index (χ0n) is 22.5. The van der Waals surface area contributed by atoms with Gasteiger partial charge in [0.05, 0.1) is 6.54 Å². The largest absolute Gasteiger partial charge is 0.492 e. The van der Waals surface area contributed by atoms with Gasteiger partial charge in [-0.2, -0.15) is 0 Å². The van der Waals surface area contributed by atoms with E-state index in [1.54, 1.807) is 18.7 Å². The summed E-state index contributed by atoms with van der Waals surface area (Å²) >= 11 is 1.78. The Hall–Kier alpha value is -3.49. The molecule has 2 amide bonds. The van der Waals surface area contributed by atoms with Gasteiger partial charge >= 0.3 is 12.0 Å². The molecule has 1 unspecified atom stereocenters. The van der Waals surface area contributed by atoms with Crippen LogP contribution < -0.4 is 10.1 Å². The third-order valence-electron chi connectivity index (χ3n) is 6.02. The minimum atomic E-state index is -0.971. The number of carboxylic acid groups (broad SMARTS) is 1. The van der Waals surface area contributed by atoms with E-state index in [1.807, 2.05) is 65.6 Å². The molecule has 0 spiro atoms. The predicted molar refractivity (Wildman–Crippen MR) is 156 cm³/mol. The maximum atomic E-state index is 13.0. The van der Waals surface area contributed by atoms with E-state index in [0.717, 1.165) is 24.2 Å². The van der Waals surface area contributed by atoms with E-state index in [9.17, 15) is 14.7 Å². The van der Waals surface area contributed by atoms with Gasteiger partial charge in [-0.3, -0.25) is 0 Å². The van der Waals surface area contributed by atoms with Crippen molar-refractivity contribution < 1.29 is 24.2 Å². The van der Waals surface area contributed by atoms with Crippen LogP contribution in [-0.4, -0.2) is 66.7 Å². The van der Waals surface area contributed by atoms with Gasteiger partial charge in [0.1, 0.15) is 12.4 Å². The molecule has 0 aromatic heterocycles. The Morgan fingerprint density at radius 3 is 2.28 bits per heavy atom. The van der Waals surface area contributed by atoms with Crippen molar-refractivity contribution in [2.24, 2.45) is 0 Å². The summed E-state index contributed by atoms with van der Waals surface area (Å²) in [6, 6.07) is 27.6. The number of hydrogen-bond donors (Lipinski definition) is 2. The maximum absolute atomic E-state index is 13.0. The van der Waals surface area contributed by atoms with Crippen molar-refractivity contribution in [3.63, 3.8) is 0 Å². The number of aliphatic carboxylic acids is 1. The van der Waals surface area contributed by atoms with Crippen LogP contribution >= 0.6 is 11.8 Å². The monoisotopic (exact) mass is 550 g/mol. The normalized spacial score (nSPS) is 11.5. The molecule has 0 aliphatic carbocycles. The summed E-state index contributed by atoms with van der Waals surface area (Å²) in [5.41, 5.74) is 2.05. The van der Waals surface area contributed by atoms with E-state index in [1.165, 1.54) is 10.5 Å². The molecule has 0 fully saturated rings. The Labute approximate surface area is 235 Å². The van der Waals surface area contributed by atoms with Crippen LogP contribution in [0.4, 0.5) is 4.79 Å². The number of benzene rings is 3. The molecule has 8 heteroatoms. The first-order chi connectivity index (χ1) is 19.0. The number of nitrogens with zero attached hydrogens (tertiary/aromatic N) is 1. The number of carbonyl (C=O) groups excluding carboxylic acids is 1. The van der Waals surface area contributed by atoms with E-state index in [2.05, 4.69) is 29.6 Å². The lowest BCUT2D eigenvalue weighted by Crippen LogP contribution is -2.43. The maximum Gasteiger partial charge on any atom is 0.333 e. The number of rotatable bonds is 17. The zero-order valence-corrected chi connectivity index (χ0v) is 23.3. The summed E-state index contributed by atoms with van der Waals surface area (Å²) in [5.74, 6) is 0.617. The highest BCUT2D eigenvalue weighted by atomic mass is 32.2. The van der Waals surface area contributed by atoms with Crippen molar-refractivity contribution >= 4 is 23.8 Å². The SMILES string of the molecule is CCOC(Cc1ccc(OCCN(CCCSc2ccccc2)C(=O)NCCc2ccccc2)cc1)C(=O)O. The Kier molecular flexibility index (Phi) is 13.2. The van der Waals surface area contributed by atoms with E-state index < -0.39 is 12.1 Å². The summed E-state index contributed by atoms with van der Waals surface area (Å²) in [6.45, 7) is 4.14. The van der Waals surface area contributed by atoms with Crippen LogP contribution in [0.15, 0.2) is 89.8 Å². The standard InChI is InChI=1S/C31H38N2O5S/c1-2-37-29(30(34)35)24-26-14-16-27(17-15-26)38-22-21-33(20-9-23-39-28-12-7-4-8-13-28)31(36)32-19-18-25-10-5-3-6-11-25/h3-8,10-17,29H,2,9,18-24H2,1H3,(H,32,36)(H,34,35). The molecule has 3 aromatic carbocycles. The predicted octanol–water partition coefficient (Wildman–Crippen LogP) is 5.53. The average molecular weight is 551 g/mol. The molecule has 2 N–H and O–H groups in total. The Morgan fingerprint density at radius 2 is 1.62 bits per heavy atom. The third kappa shape index (κ3) is 11.4. The molecule has 0 bridgehead atoms. The fourth-order valence-electron chi connectivity index (χ4n) is 3.98. The van der Waals surface area contributed by atoms with Gasteiger partial charge in [0.2, 0.25) is 0 Å². The van der Waals surface area contributed by atoms with Crippen molar-refractivity contribution in [3.05, 3.63) is 96.1 Å². The molecule has 208 valence electrons. The lowest BCUT2D eigenvalue weighted by molar-refractivity contribution is -0.149. The highest BCUT2D eigenvalue weighted by molar-refractivity contribution is 7.99. The van der Waals surface area contributed by atoms with E-state index in [4.69, 9.17) is 9.47 Å². The van der Waals surface area contributed by atoms with Gasteiger partial charge in [-0.05, 0) is 60.9 Å². The van der Waals surface area contributed by atoms with Gasteiger partial charge in [0.25, 0.3) is 0 Å². The topological polar surface area (TPSA) is 88.1 Å². The molecular weight excluding hydrogens is 512 g/mol. The molecule has 0 saturated heterocycles. The third-order valence-corrected chi connectivity index (χ3v) is 7.12. The first-order valence-corrected chi connectivity index (χ1v) is 14.3. The number of carbonyl (C=O) groups is 2. The van der Waals surface area contributed by atoms with Crippen molar-refractivity contribution in [2.45, 2.75) is 37.2 Å². The molecule has 0 heterocycles. The fraction of sp³-hybridized carbons (Fsp3) is 0.355. The van der Waals surface area contributed by atoms with Crippen molar-refractivity contribution in [2.75, 3.05) is 38.6 Å². The molecule has 0 radical (unpaired) electrons. The van der Waals surface area contributed by atoms with E-state index in [0.29, 0.717) is 45.0 Å². The van der Waals surface area contributed by atoms with Crippen LogP contribution in [0.25, 0.3) is 0 Å². The lowest BCUT2D eigenvalue weighted by atomic mass is 10.1. The minimum Gasteiger partial charge on any atom is -0.492 e. The Bertz CT molecular complexity index is 1110. The highest BCUT2D eigenvalue weighted by Crippen LogP contribution is 2.18. The van der Waals surface area contributed by atoms with Crippen molar-refractivity contribution in [3.8, 4) is 5.75 Å².